The molecule has 0 radical (unpaired) electrons. The van der Waals surface area contributed by atoms with Crippen LogP contribution in [-0.4, -0.2) is 63.7 Å². The van der Waals surface area contributed by atoms with Crippen molar-refractivity contribution in [1.82, 2.24) is 10.2 Å². The van der Waals surface area contributed by atoms with Crippen LogP contribution in [-0.2, 0) is 26.2 Å². The van der Waals surface area contributed by atoms with Crippen LogP contribution in [0.5, 0.6) is 11.5 Å². The molecule has 0 saturated carbocycles. The number of anilines is 1. The zero-order valence-corrected chi connectivity index (χ0v) is 22.2. The monoisotopic (exact) mass is 505 g/mol. The van der Waals surface area contributed by atoms with Crippen LogP contribution in [0, 0.1) is 0 Å². The number of carbonyl (C=O) groups is 2. The van der Waals surface area contributed by atoms with Crippen LogP contribution in [0.1, 0.15) is 33.3 Å². The maximum absolute atomic E-state index is 13.6. The Morgan fingerprint density at radius 3 is 2.17 bits per heavy atom. The van der Waals surface area contributed by atoms with Crippen molar-refractivity contribution < 1.29 is 27.5 Å². The smallest absolute Gasteiger partial charge is 0.244 e. The Balaban J connectivity index is 2.47. The number of nitrogens with one attached hydrogen (secondary N) is 1. The average Bonchev–Trinajstić information content (AvgIpc) is 2.78. The van der Waals surface area contributed by atoms with Gasteiger partial charge in [0.25, 0.3) is 0 Å². The third-order valence-electron chi connectivity index (χ3n) is 5.20. The maximum atomic E-state index is 13.6. The molecule has 2 amide bonds. The van der Waals surface area contributed by atoms with Crippen molar-refractivity contribution in [3.63, 3.8) is 0 Å². The van der Waals surface area contributed by atoms with Gasteiger partial charge in [0.15, 0.2) is 0 Å². The number of methoxy groups -OCH3 is 2. The minimum atomic E-state index is -3.90. The van der Waals surface area contributed by atoms with Crippen molar-refractivity contribution in [2.24, 2.45) is 0 Å². The fourth-order valence-electron chi connectivity index (χ4n) is 3.42. The predicted molar refractivity (Wildman–Crippen MR) is 136 cm³/mol. The first-order valence-electron chi connectivity index (χ1n) is 11.1. The highest BCUT2D eigenvalue weighted by atomic mass is 32.2. The second kappa shape index (κ2) is 11.4. The lowest BCUT2D eigenvalue weighted by atomic mass is 10.1. The first-order chi connectivity index (χ1) is 16.3. The molecule has 2 rings (SSSR count). The van der Waals surface area contributed by atoms with E-state index in [-0.39, 0.29) is 23.9 Å². The molecule has 0 fully saturated rings. The van der Waals surface area contributed by atoms with Crippen LogP contribution >= 0.6 is 0 Å². The van der Waals surface area contributed by atoms with Crippen LogP contribution in [0.2, 0.25) is 0 Å². The van der Waals surface area contributed by atoms with E-state index in [1.807, 2.05) is 51.1 Å². The Morgan fingerprint density at radius 2 is 1.66 bits per heavy atom. The molecule has 0 aromatic heterocycles. The molecule has 0 saturated heterocycles. The van der Waals surface area contributed by atoms with E-state index in [1.54, 1.807) is 19.1 Å². The molecular formula is C25H35N3O6S. The lowest BCUT2D eigenvalue weighted by Gasteiger charge is -2.33. The van der Waals surface area contributed by atoms with Gasteiger partial charge in [0.1, 0.15) is 24.1 Å². The summed E-state index contributed by atoms with van der Waals surface area (Å²) in [5.41, 5.74) is 0.467. The molecule has 2 aromatic rings. The summed E-state index contributed by atoms with van der Waals surface area (Å²) in [5, 5.41) is 2.89. The summed E-state index contributed by atoms with van der Waals surface area (Å²) in [6.45, 7) is 6.77. The lowest BCUT2D eigenvalue weighted by molar-refractivity contribution is -0.140. The van der Waals surface area contributed by atoms with Gasteiger partial charge in [0, 0.05) is 18.2 Å². The standard InChI is InChI=1S/C25H35N3O6S/c1-18(24(30)26-25(2,3)4)27(16-19-11-9-8-10-12-19)23(29)17-28(35(7,31)32)21-15-20(33-5)13-14-22(21)34-6/h8-15,18H,16-17H2,1-7H3,(H,26,30). The molecule has 192 valence electrons. The number of hydrogen-bond donors (Lipinski definition) is 1. The number of benzene rings is 2. The van der Waals surface area contributed by atoms with Crippen molar-refractivity contribution in [1.29, 1.82) is 0 Å². The normalized spacial score (nSPS) is 12.4. The third kappa shape index (κ3) is 7.88. The van der Waals surface area contributed by atoms with Crippen LogP contribution in [0.4, 0.5) is 5.69 Å². The van der Waals surface area contributed by atoms with Gasteiger partial charge in [-0.15, -0.1) is 0 Å². The zero-order chi connectivity index (χ0) is 26.4. The fraction of sp³-hybridized carbons (Fsp3) is 0.440. The molecule has 1 N–H and O–H groups in total. The summed E-state index contributed by atoms with van der Waals surface area (Å²) < 4.78 is 37.1. The molecule has 10 heteroatoms. The SMILES string of the molecule is COc1ccc(OC)c(N(CC(=O)N(Cc2ccccc2)C(C)C(=O)NC(C)(C)C)S(C)(=O)=O)c1. The summed E-state index contributed by atoms with van der Waals surface area (Å²) in [6.07, 6.45) is 1.01. The van der Waals surface area contributed by atoms with Gasteiger partial charge in [0.05, 0.1) is 26.2 Å². The van der Waals surface area contributed by atoms with E-state index in [0.29, 0.717) is 5.75 Å². The molecule has 0 aliphatic rings. The average molecular weight is 506 g/mol. The summed E-state index contributed by atoms with van der Waals surface area (Å²) in [5.74, 6) is -0.217. The number of ether oxygens (including phenoxy) is 2. The highest BCUT2D eigenvalue weighted by Gasteiger charge is 2.32. The van der Waals surface area contributed by atoms with Gasteiger partial charge in [0.2, 0.25) is 21.8 Å². The van der Waals surface area contributed by atoms with Crippen LogP contribution in [0.25, 0.3) is 0 Å². The van der Waals surface area contributed by atoms with Gasteiger partial charge in [-0.1, -0.05) is 30.3 Å². The van der Waals surface area contributed by atoms with Crippen LogP contribution < -0.4 is 19.1 Å². The molecule has 0 aliphatic heterocycles. The number of sulfonamides is 1. The lowest BCUT2D eigenvalue weighted by Crippen LogP contribution is -2.54. The van der Waals surface area contributed by atoms with E-state index in [1.165, 1.54) is 25.2 Å². The molecule has 1 unspecified atom stereocenters. The largest absolute Gasteiger partial charge is 0.497 e. The zero-order valence-electron chi connectivity index (χ0n) is 21.4. The van der Waals surface area contributed by atoms with Gasteiger partial charge < -0.3 is 19.7 Å². The molecule has 35 heavy (non-hydrogen) atoms. The van der Waals surface area contributed by atoms with Crippen molar-refractivity contribution in [3.05, 3.63) is 54.1 Å². The molecule has 0 heterocycles. The molecule has 0 aliphatic carbocycles. The molecule has 2 aromatic carbocycles. The number of rotatable bonds is 10. The van der Waals surface area contributed by atoms with E-state index in [2.05, 4.69) is 5.32 Å². The first-order valence-corrected chi connectivity index (χ1v) is 13.0. The quantitative estimate of drug-likeness (QED) is 0.532. The fourth-order valence-corrected chi connectivity index (χ4v) is 4.27. The first kappa shape index (κ1) is 28.0. The van der Waals surface area contributed by atoms with Gasteiger partial charge in [-0.2, -0.15) is 0 Å². The van der Waals surface area contributed by atoms with Crippen LogP contribution in [0.3, 0.4) is 0 Å². The van der Waals surface area contributed by atoms with E-state index < -0.39 is 34.1 Å². The minimum absolute atomic E-state index is 0.130. The molecule has 9 nitrogen and oxygen atoms in total. The Labute approximate surface area is 208 Å². The van der Waals surface area contributed by atoms with Gasteiger partial charge in [-0.05, 0) is 45.4 Å². The molecule has 0 spiro atoms. The summed E-state index contributed by atoms with van der Waals surface area (Å²) in [7, 11) is -1.03. The number of amides is 2. The van der Waals surface area contributed by atoms with E-state index in [9.17, 15) is 18.0 Å². The highest BCUT2D eigenvalue weighted by molar-refractivity contribution is 7.92. The number of hydrogen-bond acceptors (Lipinski definition) is 6. The second-order valence-electron chi connectivity index (χ2n) is 9.23. The Kier molecular flexibility index (Phi) is 9.14. The van der Waals surface area contributed by atoms with Gasteiger partial charge >= 0.3 is 0 Å². The minimum Gasteiger partial charge on any atom is -0.497 e. The Hall–Kier alpha value is -3.27. The van der Waals surface area contributed by atoms with E-state index in [4.69, 9.17) is 9.47 Å². The van der Waals surface area contributed by atoms with Gasteiger partial charge in [-0.3, -0.25) is 13.9 Å². The predicted octanol–water partition coefficient (Wildman–Crippen LogP) is 2.80. The van der Waals surface area contributed by atoms with E-state index >= 15 is 0 Å². The van der Waals surface area contributed by atoms with Crippen LogP contribution in [0.15, 0.2) is 48.5 Å². The molecule has 0 bridgehead atoms. The van der Waals surface area contributed by atoms with Gasteiger partial charge in [-0.25, -0.2) is 8.42 Å². The van der Waals surface area contributed by atoms with Crippen molar-refractivity contribution >= 4 is 27.5 Å². The summed E-state index contributed by atoms with van der Waals surface area (Å²) in [6, 6.07) is 13.0. The second-order valence-corrected chi connectivity index (χ2v) is 11.1. The van der Waals surface area contributed by atoms with Crippen molar-refractivity contribution in [2.45, 2.75) is 45.8 Å². The summed E-state index contributed by atoms with van der Waals surface area (Å²) in [4.78, 5) is 27.9. The summed E-state index contributed by atoms with van der Waals surface area (Å²) >= 11 is 0. The maximum Gasteiger partial charge on any atom is 0.244 e. The number of nitrogens with zero attached hydrogens (tertiary/aromatic N) is 2. The topological polar surface area (TPSA) is 105 Å². The Morgan fingerprint density at radius 1 is 1.03 bits per heavy atom. The highest BCUT2D eigenvalue weighted by Crippen LogP contribution is 2.34. The molecule has 1 atom stereocenters. The van der Waals surface area contributed by atoms with Crippen molar-refractivity contribution in [3.8, 4) is 11.5 Å². The molecular weight excluding hydrogens is 470 g/mol. The Bertz CT molecular complexity index is 1130. The van der Waals surface area contributed by atoms with E-state index in [0.717, 1.165) is 16.1 Å². The number of carbonyl (C=O) groups excluding carboxylic acids is 2. The third-order valence-corrected chi connectivity index (χ3v) is 6.32. The van der Waals surface area contributed by atoms with Crippen molar-refractivity contribution in [2.75, 3.05) is 31.3 Å².